The van der Waals surface area contributed by atoms with Crippen molar-refractivity contribution in [3.63, 3.8) is 0 Å². The van der Waals surface area contributed by atoms with E-state index < -0.39 is 5.95 Å². The van der Waals surface area contributed by atoms with Gasteiger partial charge >= 0.3 is 0 Å². The zero-order valence-corrected chi connectivity index (χ0v) is 18.8. The molecule has 2 aromatic heterocycles. The largest absolute Gasteiger partial charge is 0.466 e. The summed E-state index contributed by atoms with van der Waals surface area (Å²) in [6.45, 7) is 6.38. The number of pyridine rings is 2. The van der Waals surface area contributed by atoms with Crippen molar-refractivity contribution in [2.75, 3.05) is 6.61 Å². The number of amidine groups is 1. The number of ether oxygens (including phenoxy) is 2. The van der Waals surface area contributed by atoms with Crippen LogP contribution in [0.25, 0.3) is 11.1 Å². The first kappa shape index (κ1) is 22.3. The van der Waals surface area contributed by atoms with Crippen molar-refractivity contribution in [1.82, 2.24) is 9.97 Å². The van der Waals surface area contributed by atoms with Gasteiger partial charge in [-0.2, -0.15) is 4.39 Å². The van der Waals surface area contributed by atoms with Crippen LogP contribution in [0.1, 0.15) is 49.8 Å². The normalized spacial score (nSPS) is 14.2. The molecule has 1 atom stereocenters. The summed E-state index contributed by atoms with van der Waals surface area (Å²) in [5, 5.41) is 7.37. The first-order valence-corrected chi connectivity index (χ1v) is 10.6. The summed E-state index contributed by atoms with van der Waals surface area (Å²) in [7, 11) is 0. The van der Waals surface area contributed by atoms with Gasteiger partial charge in [0, 0.05) is 46.0 Å². The number of halogens is 1. The van der Waals surface area contributed by atoms with Gasteiger partial charge in [-0.3, -0.25) is 5.41 Å². The van der Waals surface area contributed by atoms with E-state index in [2.05, 4.69) is 21.8 Å². The summed E-state index contributed by atoms with van der Waals surface area (Å²) in [6, 6.07) is 10.5. The van der Waals surface area contributed by atoms with Crippen LogP contribution in [0.2, 0.25) is 0 Å². The van der Waals surface area contributed by atoms with Gasteiger partial charge in [0.1, 0.15) is 5.75 Å². The van der Waals surface area contributed by atoms with Gasteiger partial charge in [0.05, 0.1) is 6.61 Å². The zero-order chi connectivity index (χ0) is 23.6. The van der Waals surface area contributed by atoms with E-state index in [4.69, 9.17) is 20.6 Å². The van der Waals surface area contributed by atoms with Crippen LogP contribution in [0.3, 0.4) is 0 Å². The quantitative estimate of drug-likeness (QED) is 0.249. The minimum Gasteiger partial charge on any atom is -0.466 e. The van der Waals surface area contributed by atoms with Gasteiger partial charge in [0.2, 0.25) is 11.8 Å². The van der Waals surface area contributed by atoms with Crippen LogP contribution in [0.5, 0.6) is 11.6 Å². The van der Waals surface area contributed by atoms with E-state index in [-0.39, 0.29) is 24.0 Å². The molecule has 1 aliphatic heterocycles. The van der Waals surface area contributed by atoms with Gasteiger partial charge in [0.15, 0.2) is 0 Å². The maximum atomic E-state index is 14.3. The van der Waals surface area contributed by atoms with Crippen molar-refractivity contribution in [3.05, 3.63) is 71.4 Å². The average Bonchev–Trinajstić information content (AvgIpc) is 2.76. The third-order valence-corrected chi connectivity index (χ3v) is 5.16. The molecule has 4 rings (SSSR count). The number of hydrogen-bond acceptors (Lipinski definition) is 5. The molecular weight excluding hydrogens is 419 g/mol. The second kappa shape index (κ2) is 8.91. The molecule has 0 amide bonds. The van der Waals surface area contributed by atoms with Crippen LogP contribution in [0.4, 0.5) is 4.39 Å². The van der Waals surface area contributed by atoms with Gasteiger partial charge in [-0.05, 0) is 63.1 Å². The average molecular weight is 445 g/mol. The first-order chi connectivity index (χ1) is 15.7. The van der Waals surface area contributed by atoms with Crippen molar-refractivity contribution >= 4 is 6.02 Å². The van der Waals surface area contributed by atoms with Crippen LogP contribution in [-0.4, -0.2) is 22.6 Å². The molecule has 1 aromatic carbocycles. The summed E-state index contributed by atoms with van der Waals surface area (Å²) in [5.41, 5.74) is 8.85. The van der Waals surface area contributed by atoms with E-state index in [0.717, 1.165) is 16.7 Å². The number of rotatable bonds is 4. The number of nitrogens with one attached hydrogen (secondary N) is 1. The standard InChI is InChI=1S/C26H25FN4O2/c1-26(2,3)10-8-16-13-21-19(9-12-32-25(28)29)20-14-17(18-5-4-11-30-23(18)27)6-7-22(20)33-24(21)31-15-16/h4-7,11,13-15,19H,9,12H2,1-3H3,(H3,28,29). The third-order valence-electron chi connectivity index (χ3n) is 5.16. The molecule has 1 unspecified atom stereocenters. The molecule has 3 aromatic rings. The summed E-state index contributed by atoms with van der Waals surface area (Å²) in [6.07, 6.45) is 3.65. The molecule has 168 valence electrons. The monoisotopic (exact) mass is 444 g/mol. The molecule has 0 saturated carbocycles. The molecule has 0 bridgehead atoms. The summed E-state index contributed by atoms with van der Waals surface area (Å²) >= 11 is 0. The molecule has 6 nitrogen and oxygen atoms in total. The van der Waals surface area contributed by atoms with E-state index in [0.29, 0.717) is 29.2 Å². The van der Waals surface area contributed by atoms with Crippen LogP contribution in [0.15, 0.2) is 48.8 Å². The predicted molar refractivity (Wildman–Crippen MR) is 125 cm³/mol. The Morgan fingerprint density at radius 3 is 2.76 bits per heavy atom. The number of hydrogen-bond donors (Lipinski definition) is 2. The molecule has 0 aliphatic carbocycles. The van der Waals surface area contributed by atoms with E-state index in [1.165, 1.54) is 6.20 Å². The Balaban J connectivity index is 1.78. The highest BCUT2D eigenvalue weighted by atomic mass is 19.1. The lowest BCUT2D eigenvalue weighted by molar-refractivity contribution is 0.280. The maximum Gasteiger partial charge on any atom is 0.278 e. The van der Waals surface area contributed by atoms with Crippen molar-refractivity contribution in [2.45, 2.75) is 33.1 Å². The highest BCUT2D eigenvalue weighted by Crippen LogP contribution is 2.46. The van der Waals surface area contributed by atoms with Crippen molar-refractivity contribution in [3.8, 4) is 34.6 Å². The summed E-state index contributed by atoms with van der Waals surface area (Å²) in [5.74, 6) is 6.86. The second-order valence-electron chi connectivity index (χ2n) is 8.87. The molecule has 0 radical (unpaired) electrons. The minimum atomic E-state index is -0.535. The molecule has 3 heterocycles. The molecule has 1 aliphatic rings. The van der Waals surface area contributed by atoms with Gasteiger partial charge in [-0.25, -0.2) is 9.97 Å². The molecule has 0 fully saturated rings. The Labute approximate surface area is 192 Å². The number of aromatic nitrogens is 2. The van der Waals surface area contributed by atoms with E-state index in [1.807, 2.05) is 39.0 Å². The molecule has 7 heteroatoms. The minimum absolute atomic E-state index is 0.142. The Bertz CT molecular complexity index is 1270. The topological polar surface area (TPSA) is 94.1 Å². The fourth-order valence-corrected chi connectivity index (χ4v) is 3.68. The lowest BCUT2D eigenvalue weighted by Gasteiger charge is -2.28. The highest BCUT2D eigenvalue weighted by Gasteiger charge is 2.29. The van der Waals surface area contributed by atoms with E-state index in [9.17, 15) is 4.39 Å². The second-order valence-corrected chi connectivity index (χ2v) is 8.87. The van der Waals surface area contributed by atoms with Crippen LogP contribution in [0, 0.1) is 28.6 Å². The lowest BCUT2D eigenvalue weighted by Crippen LogP contribution is -2.18. The predicted octanol–water partition coefficient (Wildman–Crippen LogP) is 5.22. The summed E-state index contributed by atoms with van der Waals surface area (Å²) < 4.78 is 25.7. The molecular formula is C26H25FN4O2. The fourth-order valence-electron chi connectivity index (χ4n) is 3.68. The lowest BCUT2D eigenvalue weighted by atomic mass is 9.85. The Hall–Kier alpha value is -3.92. The SMILES string of the molecule is CC(C)(C)C#Cc1cnc2c(c1)C(CCOC(=N)N)c1cc(-c3cccnc3F)ccc1O2. The van der Waals surface area contributed by atoms with Crippen LogP contribution < -0.4 is 10.5 Å². The van der Waals surface area contributed by atoms with Gasteiger partial charge in [-0.1, -0.05) is 17.9 Å². The molecule has 0 spiro atoms. The fraction of sp³-hybridized carbons (Fsp3) is 0.269. The van der Waals surface area contributed by atoms with Crippen molar-refractivity contribution in [2.24, 2.45) is 11.1 Å². The van der Waals surface area contributed by atoms with Gasteiger partial charge in [0.25, 0.3) is 6.02 Å². The third kappa shape index (κ3) is 5.12. The van der Waals surface area contributed by atoms with E-state index >= 15 is 0 Å². The number of fused-ring (bicyclic) bond motifs is 2. The van der Waals surface area contributed by atoms with Crippen LogP contribution >= 0.6 is 0 Å². The molecule has 33 heavy (non-hydrogen) atoms. The smallest absolute Gasteiger partial charge is 0.278 e. The highest BCUT2D eigenvalue weighted by molar-refractivity contribution is 5.68. The molecule has 3 N–H and O–H groups in total. The number of nitrogens with two attached hydrogens (primary N) is 1. The number of nitrogens with zero attached hydrogens (tertiary/aromatic N) is 2. The van der Waals surface area contributed by atoms with Crippen molar-refractivity contribution < 1.29 is 13.9 Å². The first-order valence-electron chi connectivity index (χ1n) is 10.6. The molecule has 0 saturated heterocycles. The van der Waals surface area contributed by atoms with E-state index in [1.54, 1.807) is 24.4 Å². The maximum absolute atomic E-state index is 14.3. The zero-order valence-electron chi connectivity index (χ0n) is 18.8. The summed E-state index contributed by atoms with van der Waals surface area (Å²) in [4.78, 5) is 8.27. The Kier molecular flexibility index (Phi) is 6.01. The van der Waals surface area contributed by atoms with Crippen LogP contribution in [-0.2, 0) is 4.74 Å². The van der Waals surface area contributed by atoms with Gasteiger partial charge < -0.3 is 15.2 Å². The Morgan fingerprint density at radius 2 is 2.03 bits per heavy atom. The van der Waals surface area contributed by atoms with Gasteiger partial charge in [-0.15, -0.1) is 0 Å². The van der Waals surface area contributed by atoms with Crippen molar-refractivity contribution in [1.29, 1.82) is 5.41 Å². The number of benzene rings is 1. The Morgan fingerprint density at radius 1 is 1.21 bits per heavy atom.